The van der Waals surface area contributed by atoms with Crippen LogP contribution in [0, 0.1) is 0 Å². The number of nitrogens with zero attached hydrogens (tertiary/aromatic N) is 2. The molecule has 85 heavy (non-hydrogen) atoms. The third kappa shape index (κ3) is 7.31. The Morgan fingerprint density at radius 1 is 0.235 bits per heavy atom. The van der Waals surface area contributed by atoms with Gasteiger partial charge in [-0.25, -0.2) is 0 Å². The number of aromatic nitrogens is 2. The molecule has 0 bridgehead atoms. The maximum Gasteiger partial charge on any atom is 0.0541 e. The van der Waals surface area contributed by atoms with Crippen molar-refractivity contribution in [2.24, 2.45) is 0 Å². The van der Waals surface area contributed by atoms with Gasteiger partial charge >= 0.3 is 0 Å². The largest absolute Gasteiger partial charge is 0.309 e. The summed E-state index contributed by atoms with van der Waals surface area (Å²) >= 11 is 0. The van der Waals surface area contributed by atoms with Gasteiger partial charge in [-0.1, -0.05) is 224 Å². The van der Waals surface area contributed by atoms with E-state index in [4.69, 9.17) is 0 Å². The number of para-hydroxylation sites is 3. The van der Waals surface area contributed by atoms with Gasteiger partial charge in [-0.05, 0) is 196 Å². The third-order valence-corrected chi connectivity index (χ3v) is 19.9. The van der Waals surface area contributed by atoms with Gasteiger partial charge in [-0.2, -0.15) is 0 Å². The first-order chi connectivity index (χ1) is 41.4. The normalized spacial score (nSPS) is 14.7. The summed E-state index contributed by atoms with van der Waals surface area (Å²) in [6.45, 7) is 14.4. The van der Waals surface area contributed by atoms with Crippen LogP contribution < -0.4 is 0 Å². The van der Waals surface area contributed by atoms with Crippen molar-refractivity contribution in [1.29, 1.82) is 0 Å². The number of fused-ring (bicyclic) bond motifs is 15. The molecule has 14 aromatic rings. The molecule has 0 radical (unpaired) electrons. The average Bonchev–Trinajstić information content (AvgIpc) is 1.81. The lowest BCUT2D eigenvalue weighted by Crippen LogP contribution is -2.17. The fourth-order valence-corrected chi connectivity index (χ4v) is 15.4. The van der Waals surface area contributed by atoms with Crippen molar-refractivity contribution in [2.75, 3.05) is 0 Å². The van der Waals surface area contributed by atoms with Crippen LogP contribution in [-0.2, 0) is 16.2 Å². The first-order valence-corrected chi connectivity index (χ1v) is 30.1. The Kier molecular flexibility index (Phi) is 10.5. The summed E-state index contributed by atoms with van der Waals surface area (Å²) in [6.07, 6.45) is 4.44. The Balaban J connectivity index is 0.625. The SMILES string of the molecule is CC1(C)c2ccccc2-c2ccc(-n3c4ccccc4c4cc(-c5ccc6c(c5)C(C)(C)c5cc7c(cc5-6)C(C)(C)c5cc(-c6ccc(C=Cc8ccc(-c9ccc%10c(c9)c9ccccc9n%10-c9ccccc9)cc8)cc6)ccc5-7)ccc43)cc21. The standard InChI is InChI=1S/C83H62N2/c1-81(2)71-21-13-10-18-61(71)62-41-38-60(48-74(62)81)85-78-23-15-12-20-66(78)70-45-56(37-43-80(70)85)58-35-40-64-68-50-75-67(49-76(68)83(5,6)73(64)47-58)63-39-34-57(46-72(63)82(75,3)4)54-32-28-52(29-33-54)25-24-51-26-30-53(31-27-51)55-36-42-79-69(44-55)65-19-11-14-22-77(65)84(79)59-16-8-7-9-17-59/h7-50H,1-6H3. The van der Waals surface area contributed by atoms with E-state index in [2.05, 4.69) is 318 Å². The van der Waals surface area contributed by atoms with E-state index in [1.165, 1.54) is 166 Å². The fourth-order valence-electron chi connectivity index (χ4n) is 15.4. The molecule has 0 N–H and O–H groups in total. The van der Waals surface area contributed by atoms with E-state index in [-0.39, 0.29) is 16.2 Å². The lowest BCUT2D eigenvalue weighted by molar-refractivity contribution is 0.652. The smallest absolute Gasteiger partial charge is 0.0541 e. The molecular formula is C83H62N2. The monoisotopic (exact) mass is 1090 g/mol. The van der Waals surface area contributed by atoms with E-state index in [0.717, 1.165) is 0 Å². The highest BCUT2D eigenvalue weighted by molar-refractivity contribution is 6.12. The van der Waals surface area contributed by atoms with Crippen LogP contribution in [0.25, 0.3) is 134 Å². The van der Waals surface area contributed by atoms with E-state index in [1.54, 1.807) is 0 Å². The lowest BCUT2D eigenvalue weighted by atomic mass is 9.79. The molecule has 0 unspecified atom stereocenters. The second-order valence-electron chi connectivity index (χ2n) is 25.7. The van der Waals surface area contributed by atoms with Crippen LogP contribution >= 0.6 is 0 Å². The van der Waals surface area contributed by atoms with Gasteiger partial charge in [0, 0.05) is 49.2 Å². The first-order valence-electron chi connectivity index (χ1n) is 30.1. The first kappa shape index (κ1) is 49.6. The van der Waals surface area contributed by atoms with Gasteiger partial charge in [-0.3, -0.25) is 0 Å². The second-order valence-corrected chi connectivity index (χ2v) is 25.7. The molecule has 0 spiro atoms. The quantitative estimate of drug-likeness (QED) is 0.141. The molecule has 0 fully saturated rings. The molecule has 17 rings (SSSR count). The van der Waals surface area contributed by atoms with Crippen molar-refractivity contribution >= 4 is 55.8 Å². The van der Waals surface area contributed by atoms with Crippen molar-refractivity contribution in [3.8, 4) is 78.1 Å². The molecule has 0 aliphatic heterocycles. The maximum atomic E-state index is 2.54. The van der Waals surface area contributed by atoms with E-state index < -0.39 is 0 Å². The average molecular weight is 1090 g/mol. The third-order valence-electron chi connectivity index (χ3n) is 19.9. The highest BCUT2D eigenvalue weighted by atomic mass is 15.0. The summed E-state index contributed by atoms with van der Waals surface area (Å²) in [7, 11) is 0. The number of rotatable bonds is 7. The number of hydrogen-bond donors (Lipinski definition) is 0. The van der Waals surface area contributed by atoms with Crippen LogP contribution in [0.3, 0.4) is 0 Å². The highest BCUT2D eigenvalue weighted by Gasteiger charge is 2.42. The molecule has 0 saturated carbocycles. The summed E-state index contributed by atoms with van der Waals surface area (Å²) in [5, 5.41) is 5.08. The van der Waals surface area contributed by atoms with Crippen molar-refractivity contribution in [1.82, 2.24) is 9.13 Å². The van der Waals surface area contributed by atoms with Crippen LogP contribution in [0.2, 0.25) is 0 Å². The van der Waals surface area contributed by atoms with Gasteiger partial charge < -0.3 is 9.13 Å². The molecule has 0 atom stereocenters. The second kappa shape index (κ2) is 18.0. The minimum absolute atomic E-state index is 0.0697. The number of hydrogen-bond acceptors (Lipinski definition) is 0. The molecule has 404 valence electrons. The summed E-state index contributed by atoms with van der Waals surface area (Å²) < 4.78 is 4.84. The number of benzene rings is 12. The molecule has 12 aromatic carbocycles. The van der Waals surface area contributed by atoms with E-state index >= 15 is 0 Å². The van der Waals surface area contributed by atoms with E-state index in [0.29, 0.717) is 0 Å². The Labute approximate surface area is 497 Å². The summed E-state index contributed by atoms with van der Waals surface area (Å²) in [6, 6.07) is 95.8. The molecule has 0 amide bonds. The summed E-state index contributed by atoms with van der Waals surface area (Å²) in [5.74, 6) is 0. The molecule has 2 nitrogen and oxygen atoms in total. The Morgan fingerprint density at radius 3 is 1.16 bits per heavy atom. The highest BCUT2D eigenvalue weighted by Crippen LogP contribution is 2.57. The lowest BCUT2D eigenvalue weighted by Gasteiger charge is -2.24. The molecular weight excluding hydrogens is 1020 g/mol. The zero-order valence-corrected chi connectivity index (χ0v) is 48.8. The summed E-state index contributed by atoms with van der Waals surface area (Å²) in [5.41, 5.74) is 33.2. The van der Waals surface area contributed by atoms with Gasteiger partial charge in [0.15, 0.2) is 0 Å². The predicted molar refractivity (Wildman–Crippen MR) is 359 cm³/mol. The van der Waals surface area contributed by atoms with E-state index in [9.17, 15) is 0 Å². The molecule has 2 heterocycles. The molecule has 3 aliphatic rings. The predicted octanol–water partition coefficient (Wildman–Crippen LogP) is 22.0. The Hall–Kier alpha value is -10.0. The fraction of sp³-hybridized carbons (Fsp3) is 0.108. The minimum atomic E-state index is -0.174. The van der Waals surface area contributed by atoms with Gasteiger partial charge in [0.05, 0.1) is 22.1 Å². The maximum absolute atomic E-state index is 2.54. The molecule has 3 aliphatic carbocycles. The topological polar surface area (TPSA) is 9.86 Å². The zero-order valence-electron chi connectivity index (χ0n) is 48.8. The van der Waals surface area contributed by atoms with Crippen molar-refractivity contribution in [3.63, 3.8) is 0 Å². The molecule has 2 aromatic heterocycles. The van der Waals surface area contributed by atoms with Gasteiger partial charge in [0.25, 0.3) is 0 Å². The van der Waals surface area contributed by atoms with Crippen LogP contribution in [0.4, 0.5) is 0 Å². The van der Waals surface area contributed by atoms with E-state index in [1.807, 2.05) is 0 Å². The van der Waals surface area contributed by atoms with Gasteiger partial charge in [-0.15, -0.1) is 0 Å². The van der Waals surface area contributed by atoms with Crippen LogP contribution in [0.1, 0.15) is 86.1 Å². The molecule has 2 heteroatoms. The van der Waals surface area contributed by atoms with Crippen LogP contribution in [0.15, 0.2) is 255 Å². The van der Waals surface area contributed by atoms with Crippen LogP contribution in [0.5, 0.6) is 0 Å². The van der Waals surface area contributed by atoms with Crippen molar-refractivity contribution < 1.29 is 0 Å². The van der Waals surface area contributed by atoms with Gasteiger partial charge in [0.1, 0.15) is 0 Å². The Morgan fingerprint density at radius 2 is 0.600 bits per heavy atom. The minimum Gasteiger partial charge on any atom is -0.309 e. The zero-order chi connectivity index (χ0) is 57.1. The Bertz CT molecular complexity index is 5170. The van der Waals surface area contributed by atoms with Crippen LogP contribution in [-0.4, -0.2) is 9.13 Å². The van der Waals surface area contributed by atoms with Crippen molar-refractivity contribution in [3.05, 3.63) is 299 Å². The summed E-state index contributed by atoms with van der Waals surface area (Å²) in [4.78, 5) is 0. The molecule has 0 saturated heterocycles. The van der Waals surface area contributed by atoms with Gasteiger partial charge in [0.2, 0.25) is 0 Å². The van der Waals surface area contributed by atoms with Crippen molar-refractivity contribution in [2.45, 2.75) is 57.8 Å².